The maximum Gasteiger partial charge on any atom is 0.246 e. The second-order valence-corrected chi connectivity index (χ2v) is 8.05. The van der Waals surface area contributed by atoms with Crippen molar-refractivity contribution in [2.45, 2.75) is 39.4 Å². The molecule has 1 aromatic carbocycles. The molecule has 1 N–H and O–H groups in total. The molecule has 170 valence electrons. The van der Waals surface area contributed by atoms with E-state index in [1.807, 2.05) is 18.2 Å². The fourth-order valence-corrected chi connectivity index (χ4v) is 3.88. The first-order valence-electron chi connectivity index (χ1n) is 10.6. The SMILES string of the molecule is COCC(=O)NC(c1nnc2n1CCN(Cc1ccc(OC)cc1OC)CC2)C(C)C. The lowest BCUT2D eigenvalue weighted by Crippen LogP contribution is -2.36. The summed E-state index contributed by atoms with van der Waals surface area (Å²) in [4.78, 5) is 14.5. The number of nitrogens with zero attached hydrogens (tertiary/aromatic N) is 4. The third kappa shape index (κ3) is 5.54. The van der Waals surface area contributed by atoms with Crippen molar-refractivity contribution in [1.29, 1.82) is 0 Å². The number of hydrogen-bond acceptors (Lipinski definition) is 7. The molecule has 1 amide bonds. The number of rotatable bonds is 9. The maximum atomic E-state index is 12.1. The average Bonchev–Trinajstić information content (AvgIpc) is 3.05. The van der Waals surface area contributed by atoms with Gasteiger partial charge in [0.25, 0.3) is 0 Å². The zero-order valence-corrected chi connectivity index (χ0v) is 19.1. The first-order valence-corrected chi connectivity index (χ1v) is 10.6. The van der Waals surface area contributed by atoms with Crippen LogP contribution in [0.3, 0.4) is 0 Å². The number of aromatic nitrogens is 3. The minimum absolute atomic E-state index is 0.0295. The van der Waals surface area contributed by atoms with Crippen molar-refractivity contribution >= 4 is 5.91 Å². The summed E-state index contributed by atoms with van der Waals surface area (Å²) >= 11 is 0. The molecule has 1 aromatic heterocycles. The summed E-state index contributed by atoms with van der Waals surface area (Å²) < 4.78 is 18.0. The van der Waals surface area contributed by atoms with E-state index in [1.165, 1.54) is 7.11 Å². The van der Waals surface area contributed by atoms with Gasteiger partial charge in [-0.2, -0.15) is 0 Å². The Hall–Kier alpha value is -2.65. The number of benzene rings is 1. The summed E-state index contributed by atoms with van der Waals surface area (Å²) in [6, 6.07) is 5.71. The highest BCUT2D eigenvalue weighted by Crippen LogP contribution is 2.27. The van der Waals surface area contributed by atoms with Gasteiger partial charge in [-0.3, -0.25) is 9.69 Å². The fraction of sp³-hybridized carbons (Fsp3) is 0.591. The summed E-state index contributed by atoms with van der Waals surface area (Å²) in [5.41, 5.74) is 1.12. The summed E-state index contributed by atoms with van der Waals surface area (Å²) in [5.74, 6) is 3.38. The first kappa shape index (κ1) is 23.0. The Morgan fingerprint density at radius 2 is 1.94 bits per heavy atom. The number of amides is 1. The van der Waals surface area contributed by atoms with Crippen LogP contribution in [0.4, 0.5) is 0 Å². The maximum absolute atomic E-state index is 12.1. The summed E-state index contributed by atoms with van der Waals surface area (Å²) in [6.45, 7) is 7.43. The largest absolute Gasteiger partial charge is 0.497 e. The molecule has 0 saturated heterocycles. The molecule has 1 unspecified atom stereocenters. The van der Waals surface area contributed by atoms with Gasteiger partial charge in [0, 0.05) is 51.3 Å². The Balaban J connectivity index is 1.73. The molecule has 1 aliphatic rings. The van der Waals surface area contributed by atoms with Gasteiger partial charge in [-0.1, -0.05) is 19.9 Å². The van der Waals surface area contributed by atoms with Gasteiger partial charge >= 0.3 is 0 Å². The highest BCUT2D eigenvalue weighted by atomic mass is 16.5. The molecule has 0 spiro atoms. The van der Waals surface area contributed by atoms with Crippen molar-refractivity contribution in [2.24, 2.45) is 5.92 Å². The van der Waals surface area contributed by atoms with E-state index < -0.39 is 0 Å². The number of ether oxygens (including phenoxy) is 3. The highest BCUT2D eigenvalue weighted by molar-refractivity contribution is 5.77. The molecular formula is C22H33N5O4. The zero-order valence-electron chi connectivity index (χ0n) is 19.1. The van der Waals surface area contributed by atoms with E-state index in [0.717, 1.165) is 61.3 Å². The van der Waals surface area contributed by atoms with Crippen LogP contribution >= 0.6 is 0 Å². The van der Waals surface area contributed by atoms with E-state index in [-0.39, 0.29) is 24.5 Å². The van der Waals surface area contributed by atoms with Crippen LogP contribution in [-0.4, -0.2) is 66.6 Å². The smallest absolute Gasteiger partial charge is 0.246 e. The zero-order chi connectivity index (χ0) is 22.4. The topological polar surface area (TPSA) is 90.7 Å². The first-order chi connectivity index (χ1) is 15.0. The molecule has 9 nitrogen and oxygen atoms in total. The summed E-state index contributed by atoms with van der Waals surface area (Å²) in [5, 5.41) is 11.9. The molecule has 0 fully saturated rings. The van der Waals surface area contributed by atoms with Crippen LogP contribution in [-0.2, 0) is 29.0 Å². The van der Waals surface area contributed by atoms with Gasteiger partial charge in [-0.05, 0) is 12.0 Å². The fourth-order valence-electron chi connectivity index (χ4n) is 3.88. The van der Waals surface area contributed by atoms with Crippen LogP contribution in [0, 0.1) is 5.92 Å². The Bertz CT molecular complexity index is 883. The summed E-state index contributed by atoms with van der Waals surface area (Å²) in [7, 11) is 4.84. The van der Waals surface area contributed by atoms with Crippen LogP contribution in [0.2, 0.25) is 0 Å². The van der Waals surface area contributed by atoms with Crippen molar-refractivity contribution in [2.75, 3.05) is 41.0 Å². The minimum atomic E-state index is -0.211. The van der Waals surface area contributed by atoms with Gasteiger partial charge < -0.3 is 24.1 Å². The third-order valence-electron chi connectivity index (χ3n) is 5.57. The monoisotopic (exact) mass is 431 g/mol. The molecule has 0 radical (unpaired) electrons. The van der Waals surface area contributed by atoms with Gasteiger partial charge in [0.1, 0.15) is 23.9 Å². The Morgan fingerprint density at radius 1 is 1.13 bits per heavy atom. The molecular weight excluding hydrogens is 398 g/mol. The van der Waals surface area contributed by atoms with Gasteiger partial charge in [0.15, 0.2) is 5.82 Å². The van der Waals surface area contributed by atoms with E-state index in [4.69, 9.17) is 14.2 Å². The number of carbonyl (C=O) groups excluding carboxylic acids is 1. The van der Waals surface area contributed by atoms with Crippen LogP contribution in [0.5, 0.6) is 11.5 Å². The number of hydrogen-bond donors (Lipinski definition) is 1. The van der Waals surface area contributed by atoms with E-state index >= 15 is 0 Å². The van der Waals surface area contributed by atoms with Crippen LogP contribution in [0.15, 0.2) is 18.2 Å². The Labute approximate surface area is 183 Å². The van der Waals surface area contributed by atoms with Gasteiger partial charge in [-0.15, -0.1) is 10.2 Å². The quantitative estimate of drug-likeness (QED) is 0.648. The van der Waals surface area contributed by atoms with Crippen LogP contribution in [0.25, 0.3) is 0 Å². The second kappa shape index (κ2) is 10.6. The predicted molar refractivity (Wildman–Crippen MR) is 116 cm³/mol. The van der Waals surface area contributed by atoms with Crippen molar-refractivity contribution in [3.63, 3.8) is 0 Å². The Kier molecular flexibility index (Phi) is 7.86. The predicted octanol–water partition coefficient (Wildman–Crippen LogP) is 1.81. The molecule has 0 bridgehead atoms. The van der Waals surface area contributed by atoms with Crippen molar-refractivity contribution in [3.8, 4) is 11.5 Å². The average molecular weight is 432 g/mol. The van der Waals surface area contributed by atoms with Gasteiger partial charge in [0.05, 0.1) is 20.3 Å². The van der Waals surface area contributed by atoms with E-state index in [1.54, 1.807) is 14.2 Å². The van der Waals surface area contributed by atoms with Crippen LogP contribution < -0.4 is 14.8 Å². The van der Waals surface area contributed by atoms with E-state index in [2.05, 4.69) is 38.8 Å². The molecule has 1 aliphatic heterocycles. The lowest BCUT2D eigenvalue weighted by Gasteiger charge is -2.23. The number of nitrogens with one attached hydrogen (secondary N) is 1. The van der Waals surface area contributed by atoms with Crippen molar-refractivity contribution in [1.82, 2.24) is 25.0 Å². The minimum Gasteiger partial charge on any atom is -0.497 e. The Morgan fingerprint density at radius 3 is 2.61 bits per heavy atom. The standard InChI is InChI=1S/C22H33N5O4/c1-15(2)21(23-20(28)14-29-3)22-25-24-19-8-9-26(10-11-27(19)22)13-16-6-7-17(30-4)12-18(16)31-5/h6-7,12,15,21H,8-11,13-14H2,1-5H3,(H,23,28). The number of methoxy groups -OCH3 is 3. The lowest BCUT2D eigenvalue weighted by atomic mass is 10.0. The normalized spacial score (nSPS) is 15.3. The third-order valence-corrected chi connectivity index (χ3v) is 5.57. The highest BCUT2D eigenvalue weighted by Gasteiger charge is 2.27. The molecule has 3 rings (SSSR count). The van der Waals surface area contributed by atoms with Gasteiger partial charge in [0.2, 0.25) is 5.91 Å². The molecule has 2 aromatic rings. The molecule has 1 atom stereocenters. The van der Waals surface area contributed by atoms with Crippen molar-refractivity contribution in [3.05, 3.63) is 35.4 Å². The van der Waals surface area contributed by atoms with Crippen molar-refractivity contribution < 1.29 is 19.0 Å². The number of carbonyl (C=O) groups is 1. The van der Waals surface area contributed by atoms with E-state index in [0.29, 0.717) is 0 Å². The molecule has 0 saturated carbocycles. The molecule has 2 heterocycles. The molecule has 9 heteroatoms. The van der Waals surface area contributed by atoms with Gasteiger partial charge in [-0.25, -0.2) is 0 Å². The summed E-state index contributed by atoms with van der Waals surface area (Å²) in [6.07, 6.45) is 0.794. The molecule has 31 heavy (non-hydrogen) atoms. The van der Waals surface area contributed by atoms with Crippen LogP contribution in [0.1, 0.15) is 37.1 Å². The number of fused-ring (bicyclic) bond motifs is 1. The van der Waals surface area contributed by atoms with E-state index in [9.17, 15) is 4.79 Å². The molecule has 0 aliphatic carbocycles. The second-order valence-electron chi connectivity index (χ2n) is 8.05. The lowest BCUT2D eigenvalue weighted by molar-refractivity contribution is -0.125.